The maximum atomic E-state index is 3.72. The molecular weight excluding hydrogens is 196 g/mol. The van der Waals surface area contributed by atoms with Crippen molar-refractivity contribution in [2.75, 3.05) is 13.2 Å². The molecule has 0 spiro atoms. The Kier molecular flexibility index (Phi) is 5.77. The summed E-state index contributed by atoms with van der Waals surface area (Å²) >= 11 is 0. The van der Waals surface area contributed by atoms with Crippen molar-refractivity contribution in [3.63, 3.8) is 0 Å². The highest BCUT2D eigenvalue weighted by Crippen LogP contribution is 2.30. The van der Waals surface area contributed by atoms with Gasteiger partial charge in [0.25, 0.3) is 0 Å². The highest BCUT2D eigenvalue weighted by Gasteiger charge is 2.38. The summed E-state index contributed by atoms with van der Waals surface area (Å²) in [6.07, 6.45) is 6.77. The van der Waals surface area contributed by atoms with Crippen molar-refractivity contribution < 1.29 is 0 Å². The van der Waals surface area contributed by atoms with Gasteiger partial charge in [0.05, 0.1) is 0 Å². The Morgan fingerprint density at radius 1 is 1.19 bits per heavy atom. The molecule has 0 radical (unpaired) electrons. The average molecular weight is 226 g/mol. The summed E-state index contributed by atoms with van der Waals surface area (Å²) in [6, 6.07) is 0. The van der Waals surface area contributed by atoms with E-state index in [4.69, 9.17) is 0 Å². The minimum absolute atomic E-state index is 0.363. The van der Waals surface area contributed by atoms with E-state index in [1.165, 1.54) is 32.1 Å². The Bertz CT molecular complexity index is 183. The van der Waals surface area contributed by atoms with Crippen molar-refractivity contribution >= 4 is 0 Å². The van der Waals surface area contributed by atoms with Gasteiger partial charge < -0.3 is 5.32 Å². The first kappa shape index (κ1) is 14.0. The second-order valence-electron chi connectivity index (χ2n) is 5.93. The van der Waals surface area contributed by atoms with Gasteiger partial charge in [0.15, 0.2) is 0 Å². The zero-order valence-electron chi connectivity index (χ0n) is 11.6. The zero-order chi connectivity index (χ0) is 12.0. The van der Waals surface area contributed by atoms with E-state index in [0.717, 1.165) is 25.0 Å². The summed E-state index contributed by atoms with van der Waals surface area (Å²) < 4.78 is 0. The summed E-state index contributed by atoms with van der Waals surface area (Å²) in [6.45, 7) is 11.5. The standard InChI is InChI=1S/C14H30N2/c1-5-6-7-8-13(4)14(9-12(2)3)10-15-11-16-14/h12-13,15-16H,5-11H2,1-4H3/t13-,14?/m0/s1. The maximum Gasteiger partial charge on any atom is 0.0459 e. The molecule has 1 rings (SSSR count). The highest BCUT2D eigenvalue weighted by atomic mass is 15.2. The molecule has 2 atom stereocenters. The lowest BCUT2D eigenvalue weighted by atomic mass is 9.77. The molecule has 1 fully saturated rings. The molecule has 0 aromatic rings. The largest absolute Gasteiger partial charge is 0.303 e. The third-order valence-electron chi connectivity index (χ3n) is 3.96. The number of nitrogens with one attached hydrogen (secondary N) is 2. The topological polar surface area (TPSA) is 24.1 Å². The molecule has 0 saturated carbocycles. The Morgan fingerprint density at radius 2 is 1.94 bits per heavy atom. The van der Waals surface area contributed by atoms with Crippen LogP contribution in [0.15, 0.2) is 0 Å². The molecule has 96 valence electrons. The highest BCUT2D eigenvalue weighted by molar-refractivity contribution is 4.98. The molecular formula is C14H30N2. The van der Waals surface area contributed by atoms with E-state index < -0.39 is 0 Å². The SMILES string of the molecule is CCCCC[C@H](C)C1(CC(C)C)CNCN1. The van der Waals surface area contributed by atoms with Crippen molar-refractivity contribution in [3.8, 4) is 0 Å². The van der Waals surface area contributed by atoms with Crippen LogP contribution in [-0.2, 0) is 0 Å². The van der Waals surface area contributed by atoms with Crippen LogP contribution < -0.4 is 10.6 Å². The van der Waals surface area contributed by atoms with E-state index in [0.29, 0.717) is 5.54 Å². The summed E-state index contributed by atoms with van der Waals surface area (Å²) in [5.41, 5.74) is 0.363. The van der Waals surface area contributed by atoms with Gasteiger partial charge in [-0.2, -0.15) is 0 Å². The summed E-state index contributed by atoms with van der Waals surface area (Å²) in [7, 11) is 0. The molecule has 2 heteroatoms. The van der Waals surface area contributed by atoms with Crippen molar-refractivity contribution in [2.45, 2.75) is 65.3 Å². The fourth-order valence-electron chi connectivity index (χ4n) is 2.99. The lowest BCUT2D eigenvalue weighted by molar-refractivity contribution is 0.210. The van der Waals surface area contributed by atoms with E-state index >= 15 is 0 Å². The first-order valence-corrected chi connectivity index (χ1v) is 7.06. The van der Waals surface area contributed by atoms with Crippen LogP contribution in [0.1, 0.15) is 59.8 Å². The minimum atomic E-state index is 0.363. The molecule has 1 aliphatic heterocycles. The molecule has 0 aliphatic carbocycles. The lowest BCUT2D eigenvalue weighted by Gasteiger charge is -2.37. The quantitative estimate of drug-likeness (QED) is 0.652. The van der Waals surface area contributed by atoms with Crippen molar-refractivity contribution in [3.05, 3.63) is 0 Å². The molecule has 1 heterocycles. The predicted octanol–water partition coefficient (Wildman–Crippen LogP) is 3.14. The molecule has 0 amide bonds. The third-order valence-corrected chi connectivity index (χ3v) is 3.96. The van der Waals surface area contributed by atoms with Crippen LogP contribution >= 0.6 is 0 Å². The zero-order valence-corrected chi connectivity index (χ0v) is 11.6. The van der Waals surface area contributed by atoms with Gasteiger partial charge >= 0.3 is 0 Å². The molecule has 0 aromatic heterocycles. The average Bonchev–Trinajstić information content (AvgIpc) is 2.67. The van der Waals surface area contributed by atoms with E-state index in [9.17, 15) is 0 Å². The number of unbranched alkanes of at least 4 members (excludes halogenated alkanes) is 2. The molecule has 1 aliphatic rings. The van der Waals surface area contributed by atoms with Crippen LogP contribution in [0, 0.1) is 11.8 Å². The summed E-state index contributed by atoms with van der Waals surface area (Å²) in [5.74, 6) is 1.57. The monoisotopic (exact) mass is 226 g/mol. The van der Waals surface area contributed by atoms with Crippen LogP contribution in [0.2, 0.25) is 0 Å². The lowest BCUT2D eigenvalue weighted by Crippen LogP contribution is -2.49. The Labute approximate surface area is 102 Å². The fraction of sp³-hybridized carbons (Fsp3) is 1.00. The first-order valence-electron chi connectivity index (χ1n) is 7.06. The van der Waals surface area contributed by atoms with Gasteiger partial charge in [-0.15, -0.1) is 0 Å². The van der Waals surface area contributed by atoms with Gasteiger partial charge in [-0.1, -0.05) is 47.0 Å². The molecule has 1 saturated heterocycles. The van der Waals surface area contributed by atoms with E-state index in [2.05, 4.69) is 38.3 Å². The Morgan fingerprint density at radius 3 is 2.44 bits per heavy atom. The van der Waals surface area contributed by atoms with Crippen LogP contribution in [-0.4, -0.2) is 18.8 Å². The van der Waals surface area contributed by atoms with Crippen molar-refractivity contribution in [1.29, 1.82) is 0 Å². The van der Waals surface area contributed by atoms with E-state index in [-0.39, 0.29) is 0 Å². The van der Waals surface area contributed by atoms with Gasteiger partial charge in [0.2, 0.25) is 0 Å². The molecule has 2 nitrogen and oxygen atoms in total. The predicted molar refractivity (Wildman–Crippen MR) is 71.5 cm³/mol. The van der Waals surface area contributed by atoms with Gasteiger partial charge in [-0.05, 0) is 24.7 Å². The summed E-state index contributed by atoms with van der Waals surface area (Å²) in [4.78, 5) is 0. The molecule has 2 N–H and O–H groups in total. The van der Waals surface area contributed by atoms with Crippen LogP contribution in [0.25, 0.3) is 0 Å². The number of rotatable bonds is 7. The van der Waals surface area contributed by atoms with Crippen molar-refractivity contribution in [1.82, 2.24) is 10.6 Å². The van der Waals surface area contributed by atoms with Crippen LogP contribution in [0.4, 0.5) is 0 Å². The number of hydrogen-bond donors (Lipinski definition) is 2. The van der Waals surface area contributed by atoms with Gasteiger partial charge in [-0.25, -0.2) is 0 Å². The molecule has 16 heavy (non-hydrogen) atoms. The Balaban J connectivity index is 2.48. The molecule has 0 aromatic carbocycles. The van der Waals surface area contributed by atoms with Gasteiger partial charge in [-0.3, -0.25) is 5.32 Å². The van der Waals surface area contributed by atoms with Crippen molar-refractivity contribution in [2.24, 2.45) is 11.8 Å². The molecule has 1 unspecified atom stereocenters. The van der Waals surface area contributed by atoms with E-state index in [1.807, 2.05) is 0 Å². The molecule has 0 bridgehead atoms. The smallest absolute Gasteiger partial charge is 0.0459 e. The van der Waals surface area contributed by atoms with Gasteiger partial charge in [0.1, 0.15) is 0 Å². The van der Waals surface area contributed by atoms with Gasteiger partial charge in [0, 0.05) is 18.8 Å². The normalized spacial score (nSPS) is 27.6. The second kappa shape index (κ2) is 6.61. The van der Waals surface area contributed by atoms with Crippen LogP contribution in [0.3, 0.4) is 0 Å². The summed E-state index contributed by atoms with van der Waals surface area (Å²) in [5, 5.41) is 7.20. The Hall–Kier alpha value is -0.0800. The third kappa shape index (κ3) is 3.74. The second-order valence-corrected chi connectivity index (χ2v) is 5.93. The fourth-order valence-corrected chi connectivity index (χ4v) is 2.99. The van der Waals surface area contributed by atoms with Crippen LogP contribution in [0.5, 0.6) is 0 Å². The number of hydrogen-bond acceptors (Lipinski definition) is 2. The van der Waals surface area contributed by atoms with E-state index in [1.54, 1.807) is 0 Å². The maximum absolute atomic E-state index is 3.72. The minimum Gasteiger partial charge on any atom is -0.303 e. The first-order chi connectivity index (χ1) is 7.60.